The summed E-state index contributed by atoms with van der Waals surface area (Å²) < 4.78 is 7.50. The maximum atomic E-state index is 10.4. The van der Waals surface area contributed by atoms with E-state index in [-0.39, 0.29) is 0 Å². The van der Waals surface area contributed by atoms with Crippen molar-refractivity contribution in [1.82, 2.24) is 14.5 Å². The van der Waals surface area contributed by atoms with Crippen molar-refractivity contribution < 1.29 is 9.84 Å². The Morgan fingerprint density at radius 3 is 2.86 bits per heavy atom. The monoisotopic (exact) mass is 303 g/mol. The number of benzene rings is 1. The van der Waals surface area contributed by atoms with Gasteiger partial charge in [0.2, 0.25) is 0 Å². The number of β-amino-alcohol motifs (C(OH)–C–C–N with tert-alkyl or cyclic N) is 1. The van der Waals surface area contributed by atoms with Crippen molar-refractivity contribution >= 4 is 11.0 Å². The van der Waals surface area contributed by atoms with Gasteiger partial charge in [-0.05, 0) is 44.0 Å². The Morgan fingerprint density at radius 2 is 2.09 bits per heavy atom. The molecule has 0 amide bonds. The first-order valence-electron chi connectivity index (χ1n) is 7.96. The fourth-order valence-corrected chi connectivity index (χ4v) is 3.05. The zero-order valence-corrected chi connectivity index (χ0v) is 13.6. The van der Waals surface area contributed by atoms with Gasteiger partial charge in [-0.1, -0.05) is 0 Å². The molecular weight excluding hydrogens is 278 g/mol. The van der Waals surface area contributed by atoms with E-state index in [4.69, 9.17) is 4.74 Å². The standard InChI is InChI=1S/C17H25N3O2/c1-12-6-16-17(7-13(12)2)20(11-18-16)9-15(21)8-19-4-5-22-10-14(19)3/h6-7,11,14-15,21H,4-5,8-10H2,1-3H3. The minimum Gasteiger partial charge on any atom is -0.390 e. The van der Waals surface area contributed by atoms with E-state index in [9.17, 15) is 5.11 Å². The number of nitrogens with zero attached hydrogens (tertiary/aromatic N) is 3. The molecule has 1 aromatic carbocycles. The number of aromatic nitrogens is 2. The summed E-state index contributed by atoms with van der Waals surface area (Å²) >= 11 is 0. The number of imidazole rings is 1. The molecule has 22 heavy (non-hydrogen) atoms. The van der Waals surface area contributed by atoms with E-state index < -0.39 is 6.10 Å². The zero-order chi connectivity index (χ0) is 15.7. The van der Waals surface area contributed by atoms with Gasteiger partial charge in [-0.2, -0.15) is 0 Å². The predicted octanol–water partition coefficient (Wildman–Crippen LogP) is 1.73. The Labute approximate surface area is 131 Å². The van der Waals surface area contributed by atoms with Crippen LogP contribution in [0.1, 0.15) is 18.1 Å². The van der Waals surface area contributed by atoms with Crippen LogP contribution in [0.5, 0.6) is 0 Å². The summed E-state index contributed by atoms with van der Waals surface area (Å²) in [5, 5.41) is 10.4. The highest BCUT2D eigenvalue weighted by Crippen LogP contribution is 2.19. The molecule has 1 aromatic heterocycles. The lowest BCUT2D eigenvalue weighted by atomic mass is 10.1. The van der Waals surface area contributed by atoms with Crippen LogP contribution in [0.4, 0.5) is 0 Å². The van der Waals surface area contributed by atoms with Crippen LogP contribution in [0, 0.1) is 13.8 Å². The van der Waals surface area contributed by atoms with Gasteiger partial charge in [0.05, 0.1) is 43.2 Å². The molecule has 1 aliphatic heterocycles. The van der Waals surface area contributed by atoms with Gasteiger partial charge in [0, 0.05) is 19.1 Å². The van der Waals surface area contributed by atoms with Crippen molar-refractivity contribution in [2.75, 3.05) is 26.3 Å². The van der Waals surface area contributed by atoms with Crippen molar-refractivity contribution in [2.24, 2.45) is 0 Å². The molecule has 5 nitrogen and oxygen atoms in total. The highest BCUT2D eigenvalue weighted by atomic mass is 16.5. The molecule has 2 heterocycles. The molecule has 5 heteroatoms. The van der Waals surface area contributed by atoms with Crippen molar-refractivity contribution in [3.05, 3.63) is 29.6 Å². The van der Waals surface area contributed by atoms with Crippen molar-refractivity contribution in [3.8, 4) is 0 Å². The fourth-order valence-electron chi connectivity index (χ4n) is 3.05. The Balaban J connectivity index is 1.71. The number of fused-ring (bicyclic) bond motifs is 1. The number of aliphatic hydroxyl groups excluding tert-OH is 1. The minimum absolute atomic E-state index is 0.368. The number of aliphatic hydroxyl groups is 1. The van der Waals surface area contributed by atoms with Crippen LogP contribution in [0.15, 0.2) is 18.5 Å². The summed E-state index contributed by atoms with van der Waals surface area (Å²) in [6.45, 7) is 9.99. The Hall–Kier alpha value is -1.43. The van der Waals surface area contributed by atoms with Gasteiger partial charge in [0.25, 0.3) is 0 Å². The average molecular weight is 303 g/mol. The molecule has 0 bridgehead atoms. The van der Waals surface area contributed by atoms with Crippen molar-refractivity contribution in [3.63, 3.8) is 0 Å². The van der Waals surface area contributed by atoms with Gasteiger partial charge in [0.1, 0.15) is 0 Å². The maximum Gasteiger partial charge on any atom is 0.0959 e. The molecule has 0 spiro atoms. The second kappa shape index (κ2) is 6.36. The summed E-state index contributed by atoms with van der Waals surface area (Å²) in [6.07, 6.45) is 1.43. The van der Waals surface area contributed by atoms with E-state index >= 15 is 0 Å². The van der Waals surface area contributed by atoms with Gasteiger partial charge >= 0.3 is 0 Å². The van der Waals surface area contributed by atoms with Crippen LogP contribution < -0.4 is 0 Å². The molecule has 1 N–H and O–H groups in total. The molecule has 3 rings (SSSR count). The molecule has 2 unspecified atom stereocenters. The third-order valence-electron chi connectivity index (χ3n) is 4.59. The number of ether oxygens (including phenoxy) is 1. The van der Waals surface area contributed by atoms with E-state index in [0.29, 0.717) is 19.1 Å². The number of rotatable bonds is 4. The SMILES string of the molecule is Cc1cc2ncn(CC(O)CN3CCOCC3C)c2cc1C. The molecule has 2 aromatic rings. The first-order chi connectivity index (χ1) is 10.5. The number of hydrogen-bond donors (Lipinski definition) is 1. The highest BCUT2D eigenvalue weighted by molar-refractivity contribution is 5.77. The van der Waals surface area contributed by atoms with Gasteiger partial charge in [-0.15, -0.1) is 0 Å². The molecule has 120 valence electrons. The number of hydrogen-bond acceptors (Lipinski definition) is 4. The quantitative estimate of drug-likeness (QED) is 0.934. The van der Waals surface area contributed by atoms with Crippen LogP contribution in [-0.2, 0) is 11.3 Å². The maximum absolute atomic E-state index is 10.4. The van der Waals surface area contributed by atoms with Gasteiger partial charge in [0.15, 0.2) is 0 Å². The fraction of sp³-hybridized carbons (Fsp3) is 0.588. The minimum atomic E-state index is -0.403. The molecular formula is C17H25N3O2. The van der Waals surface area contributed by atoms with Crippen molar-refractivity contribution in [1.29, 1.82) is 0 Å². The molecule has 1 saturated heterocycles. The van der Waals surface area contributed by atoms with E-state index in [1.54, 1.807) is 0 Å². The lowest BCUT2D eigenvalue weighted by Gasteiger charge is -2.34. The smallest absolute Gasteiger partial charge is 0.0959 e. The van der Waals surface area contributed by atoms with E-state index in [2.05, 4.69) is 47.4 Å². The number of aryl methyl sites for hydroxylation is 2. The molecule has 0 saturated carbocycles. The molecule has 2 atom stereocenters. The van der Waals surface area contributed by atoms with Gasteiger partial charge in [-0.3, -0.25) is 4.90 Å². The lowest BCUT2D eigenvalue weighted by Crippen LogP contribution is -2.47. The summed E-state index contributed by atoms with van der Waals surface area (Å²) in [7, 11) is 0. The molecule has 1 aliphatic rings. The summed E-state index contributed by atoms with van der Waals surface area (Å²) in [4.78, 5) is 6.75. The largest absolute Gasteiger partial charge is 0.390 e. The van der Waals surface area contributed by atoms with E-state index in [1.165, 1.54) is 11.1 Å². The van der Waals surface area contributed by atoms with Crippen LogP contribution in [-0.4, -0.2) is 58.0 Å². The lowest BCUT2D eigenvalue weighted by molar-refractivity contribution is -0.0220. The van der Waals surface area contributed by atoms with Crippen LogP contribution in [0.2, 0.25) is 0 Å². The average Bonchev–Trinajstić information content (AvgIpc) is 2.84. The van der Waals surface area contributed by atoms with Gasteiger partial charge < -0.3 is 14.4 Å². The summed E-state index contributed by atoms with van der Waals surface area (Å²) in [5.74, 6) is 0. The van der Waals surface area contributed by atoms with Gasteiger partial charge in [-0.25, -0.2) is 4.98 Å². The highest BCUT2D eigenvalue weighted by Gasteiger charge is 2.21. The third kappa shape index (κ3) is 3.16. The van der Waals surface area contributed by atoms with Crippen molar-refractivity contribution in [2.45, 2.75) is 39.5 Å². The summed E-state index contributed by atoms with van der Waals surface area (Å²) in [5.41, 5.74) is 4.60. The summed E-state index contributed by atoms with van der Waals surface area (Å²) in [6, 6.07) is 4.63. The third-order valence-corrected chi connectivity index (χ3v) is 4.59. The van der Waals surface area contributed by atoms with Crippen LogP contribution in [0.25, 0.3) is 11.0 Å². The predicted molar refractivity (Wildman–Crippen MR) is 87.1 cm³/mol. The molecule has 0 aliphatic carbocycles. The van der Waals surface area contributed by atoms with Crippen LogP contribution >= 0.6 is 0 Å². The first kappa shape index (κ1) is 15.5. The topological polar surface area (TPSA) is 50.5 Å². The molecule has 0 radical (unpaired) electrons. The first-order valence-corrected chi connectivity index (χ1v) is 7.96. The second-order valence-corrected chi connectivity index (χ2v) is 6.39. The Morgan fingerprint density at radius 1 is 1.32 bits per heavy atom. The zero-order valence-electron chi connectivity index (χ0n) is 13.6. The number of morpholine rings is 1. The Bertz CT molecular complexity index is 653. The van der Waals surface area contributed by atoms with Crippen LogP contribution in [0.3, 0.4) is 0 Å². The van der Waals surface area contributed by atoms with E-state index in [1.807, 2.05) is 6.33 Å². The molecule has 1 fully saturated rings. The Kier molecular flexibility index (Phi) is 4.47. The second-order valence-electron chi connectivity index (χ2n) is 6.39. The van der Waals surface area contributed by atoms with E-state index in [0.717, 1.165) is 30.8 Å². The normalized spacial score (nSPS) is 21.4.